The highest BCUT2D eigenvalue weighted by Crippen LogP contribution is 2.27. The van der Waals surface area contributed by atoms with E-state index in [1.807, 2.05) is 18.8 Å². The first-order chi connectivity index (χ1) is 7.99. The summed E-state index contributed by atoms with van der Waals surface area (Å²) in [6, 6.07) is 0.329. The predicted octanol–water partition coefficient (Wildman–Crippen LogP) is 2.72. The molecule has 1 N–H and O–H groups in total. The van der Waals surface area contributed by atoms with Crippen LogP contribution in [0.4, 0.5) is 0 Å². The Kier molecular flexibility index (Phi) is 5.56. The lowest BCUT2D eigenvalue weighted by molar-refractivity contribution is -0.0339. The molecule has 0 amide bonds. The standard InChI is InChI=1S/C13H24N2OS/c1-6-16-12(13(2,3)4)11(14-5)7-10-8-15-9-17-10/h8-9,11-12,14H,6-7H2,1-5H3. The normalized spacial score (nSPS) is 15.8. The molecule has 4 heteroatoms. The molecule has 1 aromatic heterocycles. The van der Waals surface area contributed by atoms with Crippen LogP contribution in [0.2, 0.25) is 0 Å². The van der Waals surface area contributed by atoms with Crippen LogP contribution < -0.4 is 5.32 Å². The third kappa shape index (κ3) is 4.37. The van der Waals surface area contributed by atoms with E-state index in [1.54, 1.807) is 11.3 Å². The Bertz CT molecular complexity index is 306. The topological polar surface area (TPSA) is 34.1 Å². The SMILES string of the molecule is CCOC(C(Cc1cncs1)NC)C(C)(C)C. The van der Waals surface area contributed by atoms with Crippen molar-refractivity contribution in [2.75, 3.05) is 13.7 Å². The molecule has 1 rings (SSSR count). The number of hydrogen-bond acceptors (Lipinski definition) is 4. The van der Waals surface area contributed by atoms with Crippen LogP contribution in [0.15, 0.2) is 11.7 Å². The molecule has 0 aromatic carbocycles. The lowest BCUT2D eigenvalue weighted by atomic mass is 9.83. The van der Waals surface area contributed by atoms with Gasteiger partial charge in [0.2, 0.25) is 0 Å². The summed E-state index contributed by atoms with van der Waals surface area (Å²) >= 11 is 1.71. The summed E-state index contributed by atoms with van der Waals surface area (Å²) in [6.07, 6.45) is 3.13. The summed E-state index contributed by atoms with van der Waals surface area (Å²) in [5, 5.41) is 3.39. The van der Waals surface area contributed by atoms with Crippen LogP contribution in [0, 0.1) is 5.41 Å². The molecular weight excluding hydrogens is 232 g/mol. The lowest BCUT2D eigenvalue weighted by Crippen LogP contribution is -2.48. The number of hydrogen-bond donors (Lipinski definition) is 1. The summed E-state index contributed by atoms with van der Waals surface area (Å²) in [5.74, 6) is 0. The molecule has 0 saturated carbocycles. The van der Waals surface area contributed by atoms with Gasteiger partial charge in [-0.05, 0) is 19.4 Å². The number of nitrogens with one attached hydrogen (secondary N) is 1. The minimum Gasteiger partial charge on any atom is -0.376 e. The predicted molar refractivity (Wildman–Crippen MR) is 73.5 cm³/mol. The van der Waals surface area contributed by atoms with Crippen molar-refractivity contribution in [3.63, 3.8) is 0 Å². The Hall–Kier alpha value is -0.450. The van der Waals surface area contributed by atoms with E-state index in [0.717, 1.165) is 13.0 Å². The first kappa shape index (κ1) is 14.6. The zero-order valence-corrected chi connectivity index (χ0v) is 12.3. The number of aromatic nitrogens is 1. The van der Waals surface area contributed by atoms with Gasteiger partial charge in [0.25, 0.3) is 0 Å². The number of thiazole rings is 1. The van der Waals surface area contributed by atoms with Crippen molar-refractivity contribution in [1.82, 2.24) is 10.3 Å². The Balaban J connectivity index is 2.74. The van der Waals surface area contributed by atoms with Crippen molar-refractivity contribution in [2.24, 2.45) is 5.41 Å². The van der Waals surface area contributed by atoms with E-state index >= 15 is 0 Å². The molecule has 2 atom stereocenters. The molecule has 98 valence electrons. The van der Waals surface area contributed by atoms with E-state index in [2.05, 4.69) is 38.0 Å². The molecule has 1 heterocycles. The molecule has 0 bridgehead atoms. The molecule has 0 saturated heterocycles. The molecule has 17 heavy (non-hydrogen) atoms. The number of nitrogens with zero attached hydrogens (tertiary/aromatic N) is 1. The fourth-order valence-electron chi connectivity index (χ4n) is 2.07. The fourth-order valence-corrected chi connectivity index (χ4v) is 2.72. The average Bonchev–Trinajstić information content (AvgIpc) is 2.74. The minimum atomic E-state index is 0.133. The average molecular weight is 256 g/mol. The van der Waals surface area contributed by atoms with Gasteiger partial charge in [-0.3, -0.25) is 4.98 Å². The maximum atomic E-state index is 5.93. The summed E-state index contributed by atoms with van der Waals surface area (Å²) < 4.78 is 5.93. The highest BCUT2D eigenvalue weighted by Gasteiger charge is 2.32. The van der Waals surface area contributed by atoms with Gasteiger partial charge in [-0.15, -0.1) is 11.3 Å². The van der Waals surface area contributed by atoms with Crippen molar-refractivity contribution >= 4 is 11.3 Å². The minimum absolute atomic E-state index is 0.133. The smallest absolute Gasteiger partial charge is 0.0794 e. The zero-order chi connectivity index (χ0) is 12.9. The molecule has 0 aliphatic carbocycles. The lowest BCUT2D eigenvalue weighted by Gasteiger charge is -2.36. The first-order valence-electron chi connectivity index (χ1n) is 6.15. The van der Waals surface area contributed by atoms with Crippen molar-refractivity contribution in [1.29, 1.82) is 0 Å². The highest BCUT2D eigenvalue weighted by atomic mass is 32.1. The fraction of sp³-hybridized carbons (Fsp3) is 0.769. The van der Waals surface area contributed by atoms with Crippen LogP contribution in [0.3, 0.4) is 0 Å². The monoisotopic (exact) mass is 256 g/mol. The molecular formula is C13H24N2OS. The van der Waals surface area contributed by atoms with E-state index in [4.69, 9.17) is 4.74 Å². The largest absolute Gasteiger partial charge is 0.376 e. The van der Waals surface area contributed by atoms with Crippen LogP contribution in [0.25, 0.3) is 0 Å². The van der Waals surface area contributed by atoms with Crippen molar-refractivity contribution in [2.45, 2.75) is 46.3 Å². The van der Waals surface area contributed by atoms with Gasteiger partial charge in [-0.2, -0.15) is 0 Å². The molecule has 3 nitrogen and oxygen atoms in total. The van der Waals surface area contributed by atoms with Crippen LogP contribution in [-0.4, -0.2) is 30.8 Å². The van der Waals surface area contributed by atoms with Gasteiger partial charge in [0, 0.05) is 30.1 Å². The number of likely N-dealkylation sites (N-methyl/N-ethyl adjacent to an activating group) is 1. The summed E-state index contributed by atoms with van der Waals surface area (Å²) in [7, 11) is 2.00. The van der Waals surface area contributed by atoms with E-state index in [9.17, 15) is 0 Å². The molecule has 0 aliphatic rings. The van der Waals surface area contributed by atoms with E-state index in [1.165, 1.54) is 4.88 Å². The second-order valence-electron chi connectivity index (χ2n) is 5.31. The van der Waals surface area contributed by atoms with Gasteiger partial charge >= 0.3 is 0 Å². The van der Waals surface area contributed by atoms with E-state index in [-0.39, 0.29) is 11.5 Å². The van der Waals surface area contributed by atoms with E-state index < -0.39 is 0 Å². The summed E-state index contributed by atoms with van der Waals surface area (Å²) in [6.45, 7) is 9.49. The third-order valence-corrected chi connectivity index (χ3v) is 3.64. The number of ether oxygens (including phenoxy) is 1. The van der Waals surface area contributed by atoms with Crippen molar-refractivity contribution in [3.05, 3.63) is 16.6 Å². The Morgan fingerprint density at radius 1 is 1.47 bits per heavy atom. The van der Waals surface area contributed by atoms with Gasteiger partial charge in [0.05, 0.1) is 11.6 Å². The second-order valence-corrected chi connectivity index (χ2v) is 6.28. The second kappa shape index (κ2) is 6.47. The Morgan fingerprint density at radius 3 is 2.59 bits per heavy atom. The first-order valence-corrected chi connectivity index (χ1v) is 7.03. The van der Waals surface area contributed by atoms with Crippen molar-refractivity contribution in [3.8, 4) is 0 Å². The molecule has 0 aliphatic heterocycles. The molecule has 0 radical (unpaired) electrons. The van der Waals surface area contributed by atoms with Crippen LogP contribution >= 0.6 is 11.3 Å². The molecule has 2 unspecified atom stereocenters. The maximum absolute atomic E-state index is 5.93. The Labute approximate surface area is 109 Å². The molecule has 0 spiro atoms. The van der Waals surface area contributed by atoms with Gasteiger partial charge in [0.1, 0.15) is 0 Å². The van der Waals surface area contributed by atoms with Crippen LogP contribution in [0.5, 0.6) is 0 Å². The van der Waals surface area contributed by atoms with Gasteiger partial charge < -0.3 is 10.1 Å². The zero-order valence-electron chi connectivity index (χ0n) is 11.5. The third-order valence-electron chi connectivity index (χ3n) is 2.84. The summed E-state index contributed by atoms with van der Waals surface area (Å²) in [5.41, 5.74) is 2.02. The highest BCUT2D eigenvalue weighted by molar-refractivity contribution is 7.09. The Morgan fingerprint density at radius 2 is 2.18 bits per heavy atom. The van der Waals surface area contributed by atoms with Crippen molar-refractivity contribution < 1.29 is 4.74 Å². The molecule has 1 aromatic rings. The van der Waals surface area contributed by atoms with Crippen LogP contribution in [0.1, 0.15) is 32.6 Å². The van der Waals surface area contributed by atoms with E-state index in [0.29, 0.717) is 6.04 Å². The van der Waals surface area contributed by atoms with Gasteiger partial charge in [-0.25, -0.2) is 0 Å². The number of rotatable bonds is 6. The molecule has 0 fully saturated rings. The summed E-state index contributed by atoms with van der Waals surface area (Å²) in [4.78, 5) is 5.43. The van der Waals surface area contributed by atoms with Gasteiger partial charge in [0.15, 0.2) is 0 Å². The van der Waals surface area contributed by atoms with Gasteiger partial charge in [-0.1, -0.05) is 20.8 Å². The maximum Gasteiger partial charge on any atom is 0.0794 e. The van der Waals surface area contributed by atoms with Crippen LogP contribution in [-0.2, 0) is 11.2 Å². The quantitative estimate of drug-likeness (QED) is 0.850.